The van der Waals surface area contributed by atoms with Gasteiger partial charge in [-0.3, -0.25) is 4.90 Å². The van der Waals surface area contributed by atoms with Crippen LogP contribution in [0.1, 0.15) is 36.9 Å². The van der Waals surface area contributed by atoms with Crippen LogP contribution in [0.2, 0.25) is 5.02 Å². The number of hydrogen-bond donors (Lipinski definition) is 0. The lowest BCUT2D eigenvalue weighted by Crippen LogP contribution is -2.48. The van der Waals surface area contributed by atoms with Crippen molar-refractivity contribution in [1.82, 2.24) is 9.80 Å². The summed E-state index contributed by atoms with van der Waals surface area (Å²) >= 11 is 6.10. The highest BCUT2D eigenvalue weighted by Crippen LogP contribution is 2.30. The van der Waals surface area contributed by atoms with E-state index in [0.29, 0.717) is 6.04 Å². The first-order valence-electron chi connectivity index (χ1n) is 9.04. The van der Waals surface area contributed by atoms with Crippen LogP contribution in [0, 0.1) is 0 Å². The summed E-state index contributed by atoms with van der Waals surface area (Å²) in [6, 6.07) is 19.5. The van der Waals surface area contributed by atoms with Gasteiger partial charge in [0.2, 0.25) is 0 Å². The minimum atomic E-state index is 0.316. The molecule has 0 aromatic heterocycles. The van der Waals surface area contributed by atoms with E-state index in [1.807, 2.05) is 12.1 Å². The third-order valence-corrected chi connectivity index (χ3v) is 5.15. The summed E-state index contributed by atoms with van der Waals surface area (Å²) in [6.45, 7) is 8.06. The molecule has 0 unspecified atom stereocenters. The minimum absolute atomic E-state index is 0.316. The fourth-order valence-corrected chi connectivity index (χ4v) is 3.65. The zero-order chi connectivity index (χ0) is 16.8. The van der Waals surface area contributed by atoms with Crippen molar-refractivity contribution in [2.24, 2.45) is 0 Å². The molecule has 2 aromatic rings. The summed E-state index contributed by atoms with van der Waals surface area (Å²) in [5.41, 5.74) is 2.69. The number of unbranched alkanes of at least 4 members (excludes halogenated alkanes) is 1. The van der Waals surface area contributed by atoms with Crippen LogP contribution in [-0.2, 0) is 0 Å². The SMILES string of the molecule is CCCCN1CCN([C@H](c2ccccc2)c2ccc(Cl)cc2)CC1. The Bertz CT molecular complexity index is 603. The fourth-order valence-electron chi connectivity index (χ4n) is 3.52. The molecule has 1 fully saturated rings. The summed E-state index contributed by atoms with van der Waals surface area (Å²) in [5, 5.41) is 0.801. The summed E-state index contributed by atoms with van der Waals surface area (Å²) in [5.74, 6) is 0. The first-order chi connectivity index (χ1) is 11.8. The van der Waals surface area contributed by atoms with Gasteiger partial charge < -0.3 is 4.90 Å². The minimum Gasteiger partial charge on any atom is -0.301 e. The van der Waals surface area contributed by atoms with E-state index in [-0.39, 0.29) is 0 Å². The molecular weight excluding hydrogens is 316 g/mol. The summed E-state index contributed by atoms with van der Waals surface area (Å²) in [7, 11) is 0. The molecule has 1 saturated heterocycles. The Morgan fingerprint density at radius 3 is 2.12 bits per heavy atom. The van der Waals surface area contributed by atoms with Crippen molar-refractivity contribution in [2.75, 3.05) is 32.7 Å². The smallest absolute Gasteiger partial charge is 0.0602 e. The van der Waals surface area contributed by atoms with E-state index < -0.39 is 0 Å². The van der Waals surface area contributed by atoms with E-state index in [9.17, 15) is 0 Å². The maximum atomic E-state index is 6.10. The lowest BCUT2D eigenvalue weighted by molar-refractivity contribution is 0.108. The van der Waals surface area contributed by atoms with Crippen LogP contribution in [0.15, 0.2) is 54.6 Å². The van der Waals surface area contributed by atoms with Crippen molar-refractivity contribution >= 4 is 11.6 Å². The molecule has 0 radical (unpaired) electrons. The van der Waals surface area contributed by atoms with E-state index in [2.05, 4.69) is 59.2 Å². The molecule has 0 aliphatic carbocycles. The van der Waals surface area contributed by atoms with Gasteiger partial charge in [-0.05, 0) is 36.2 Å². The van der Waals surface area contributed by atoms with Crippen molar-refractivity contribution < 1.29 is 0 Å². The normalized spacial score (nSPS) is 17.8. The molecule has 3 rings (SSSR count). The quantitative estimate of drug-likeness (QED) is 0.740. The van der Waals surface area contributed by atoms with Crippen LogP contribution < -0.4 is 0 Å². The molecule has 3 heteroatoms. The first kappa shape index (κ1) is 17.5. The largest absolute Gasteiger partial charge is 0.301 e. The van der Waals surface area contributed by atoms with Gasteiger partial charge in [0.1, 0.15) is 0 Å². The van der Waals surface area contributed by atoms with Crippen LogP contribution in [0.4, 0.5) is 0 Å². The number of halogens is 1. The van der Waals surface area contributed by atoms with Gasteiger partial charge in [0.25, 0.3) is 0 Å². The average molecular weight is 343 g/mol. The summed E-state index contributed by atoms with van der Waals surface area (Å²) in [6.07, 6.45) is 2.58. The van der Waals surface area contributed by atoms with Gasteiger partial charge in [-0.15, -0.1) is 0 Å². The van der Waals surface area contributed by atoms with E-state index in [1.54, 1.807) is 0 Å². The van der Waals surface area contributed by atoms with Gasteiger partial charge in [0.15, 0.2) is 0 Å². The highest BCUT2D eigenvalue weighted by Gasteiger charge is 2.26. The molecule has 0 N–H and O–H groups in total. The maximum Gasteiger partial charge on any atom is 0.0602 e. The molecule has 2 nitrogen and oxygen atoms in total. The number of benzene rings is 2. The monoisotopic (exact) mass is 342 g/mol. The van der Waals surface area contributed by atoms with Crippen molar-refractivity contribution in [1.29, 1.82) is 0 Å². The van der Waals surface area contributed by atoms with E-state index in [1.165, 1.54) is 30.5 Å². The molecule has 0 bridgehead atoms. The Labute approximate surface area is 151 Å². The highest BCUT2D eigenvalue weighted by molar-refractivity contribution is 6.30. The Kier molecular flexibility index (Phi) is 6.30. The van der Waals surface area contributed by atoms with E-state index in [0.717, 1.165) is 31.2 Å². The standard InChI is InChI=1S/C21H27ClN2/c1-2-3-13-23-14-16-24(17-15-23)21(18-7-5-4-6-8-18)19-9-11-20(22)12-10-19/h4-12,21H,2-3,13-17H2,1H3/t21-/m1/s1. The second kappa shape index (κ2) is 8.66. The van der Waals surface area contributed by atoms with Crippen LogP contribution >= 0.6 is 11.6 Å². The number of rotatable bonds is 6. The summed E-state index contributed by atoms with van der Waals surface area (Å²) in [4.78, 5) is 5.21. The molecule has 0 saturated carbocycles. The molecule has 1 aliphatic heterocycles. The molecule has 1 aliphatic rings. The van der Waals surface area contributed by atoms with Crippen molar-refractivity contribution in [3.05, 3.63) is 70.7 Å². The third kappa shape index (κ3) is 4.38. The average Bonchev–Trinajstić information content (AvgIpc) is 2.64. The molecule has 0 amide bonds. The maximum absolute atomic E-state index is 6.10. The van der Waals surface area contributed by atoms with E-state index in [4.69, 9.17) is 11.6 Å². The predicted molar refractivity (Wildman–Crippen MR) is 103 cm³/mol. The molecule has 1 atom stereocenters. The van der Waals surface area contributed by atoms with Gasteiger partial charge in [0.05, 0.1) is 6.04 Å². The molecule has 0 spiro atoms. The highest BCUT2D eigenvalue weighted by atomic mass is 35.5. The van der Waals surface area contributed by atoms with Crippen LogP contribution in [-0.4, -0.2) is 42.5 Å². The molecule has 1 heterocycles. The lowest BCUT2D eigenvalue weighted by Gasteiger charge is -2.39. The van der Waals surface area contributed by atoms with Gasteiger partial charge in [-0.25, -0.2) is 0 Å². The molecule has 128 valence electrons. The van der Waals surface area contributed by atoms with Gasteiger partial charge >= 0.3 is 0 Å². The Morgan fingerprint density at radius 2 is 1.50 bits per heavy atom. The molecule has 24 heavy (non-hydrogen) atoms. The second-order valence-corrected chi connectivity index (χ2v) is 7.03. The summed E-state index contributed by atoms with van der Waals surface area (Å²) < 4.78 is 0. The van der Waals surface area contributed by atoms with Gasteiger partial charge in [-0.2, -0.15) is 0 Å². The van der Waals surface area contributed by atoms with Crippen LogP contribution in [0.25, 0.3) is 0 Å². The van der Waals surface area contributed by atoms with Crippen molar-refractivity contribution in [2.45, 2.75) is 25.8 Å². The lowest BCUT2D eigenvalue weighted by atomic mass is 9.96. The first-order valence-corrected chi connectivity index (χ1v) is 9.42. The topological polar surface area (TPSA) is 6.48 Å². The Hall–Kier alpha value is -1.35. The zero-order valence-corrected chi connectivity index (χ0v) is 15.3. The Morgan fingerprint density at radius 1 is 0.875 bits per heavy atom. The number of hydrogen-bond acceptors (Lipinski definition) is 2. The Balaban J connectivity index is 1.77. The van der Waals surface area contributed by atoms with Gasteiger partial charge in [0, 0.05) is 31.2 Å². The number of nitrogens with zero attached hydrogens (tertiary/aromatic N) is 2. The number of piperazine rings is 1. The van der Waals surface area contributed by atoms with Crippen molar-refractivity contribution in [3.8, 4) is 0 Å². The van der Waals surface area contributed by atoms with Crippen molar-refractivity contribution in [3.63, 3.8) is 0 Å². The molecule has 2 aromatic carbocycles. The van der Waals surface area contributed by atoms with Crippen LogP contribution in [0.5, 0.6) is 0 Å². The fraction of sp³-hybridized carbons (Fsp3) is 0.429. The third-order valence-electron chi connectivity index (χ3n) is 4.90. The predicted octanol–water partition coefficient (Wildman–Crippen LogP) is 4.85. The van der Waals surface area contributed by atoms with Gasteiger partial charge in [-0.1, -0.05) is 67.4 Å². The molecular formula is C21H27ClN2. The van der Waals surface area contributed by atoms with E-state index >= 15 is 0 Å². The second-order valence-electron chi connectivity index (χ2n) is 6.60. The zero-order valence-electron chi connectivity index (χ0n) is 14.5. The van der Waals surface area contributed by atoms with Crippen LogP contribution in [0.3, 0.4) is 0 Å².